The third-order valence-corrected chi connectivity index (χ3v) is 3.41. The molecule has 1 N–H and O–H groups in total. The van der Waals surface area contributed by atoms with Gasteiger partial charge in [0.25, 0.3) is 0 Å². The van der Waals surface area contributed by atoms with Crippen molar-refractivity contribution in [1.82, 2.24) is 14.6 Å². The van der Waals surface area contributed by atoms with E-state index < -0.39 is 0 Å². The van der Waals surface area contributed by atoms with Gasteiger partial charge in [-0.3, -0.25) is 0 Å². The molecule has 1 aromatic carbocycles. The van der Waals surface area contributed by atoms with E-state index in [-0.39, 0.29) is 0 Å². The van der Waals surface area contributed by atoms with Gasteiger partial charge in [0.05, 0.1) is 19.0 Å². The van der Waals surface area contributed by atoms with Crippen molar-refractivity contribution in [2.45, 2.75) is 20.4 Å². The van der Waals surface area contributed by atoms with E-state index in [0.717, 1.165) is 35.0 Å². The molecule has 3 aromatic rings. The van der Waals surface area contributed by atoms with Gasteiger partial charge in [-0.1, -0.05) is 12.1 Å². The minimum Gasteiger partial charge on any atom is -0.496 e. The predicted molar refractivity (Wildman–Crippen MR) is 82.8 cm³/mol. The molecule has 0 amide bonds. The van der Waals surface area contributed by atoms with Crippen molar-refractivity contribution in [3.05, 3.63) is 53.5 Å². The van der Waals surface area contributed by atoms with Crippen LogP contribution in [0.15, 0.2) is 36.5 Å². The van der Waals surface area contributed by atoms with Crippen LogP contribution in [0.4, 0.5) is 5.69 Å². The molecule has 0 aliphatic carbocycles. The van der Waals surface area contributed by atoms with E-state index in [2.05, 4.69) is 33.6 Å². The Morgan fingerprint density at radius 2 is 2.05 bits per heavy atom. The number of aryl methyl sites for hydroxylation is 2. The summed E-state index contributed by atoms with van der Waals surface area (Å²) in [6.45, 7) is 4.66. The number of aromatic nitrogens is 3. The van der Waals surface area contributed by atoms with Crippen LogP contribution < -0.4 is 10.1 Å². The highest BCUT2D eigenvalue weighted by Gasteiger charge is 2.03. The maximum Gasteiger partial charge on any atom is 0.155 e. The third kappa shape index (κ3) is 2.81. The fourth-order valence-corrected chi connectivity index (χ4v) is 2.28. The van der Waals surface area contributed by atoms with E-state index in [1.807, 2.05) is 32.2 Å². The molecule has 0 spiro atoms. The van der Waals surface area contributed by atoms with Crippen molar-refractivity contribution in [3.8, 4) is 5.75 Å². The van der Waals surface area contributed by atoms with Crippen molar-refractivity contribution in [1.29, 1.82) is 0 Å². The summed E-state index contributed by atoms with van der Waals surface area (Å²) < 4.78 is 7.13. The van der Waals surface area contributed by atoms with Crippen molar-refractivity contribution in [2.24, 2.45) is 0 Å². The first kappa shape index (κ1) is 13.4. The fraction of sp³-hybridized carbons (Fsp3) is 0.250. The Bertz CT molecular complexity index is 779. The predicted octanol–water partition coefficient (Wildman–Crippen LogP) is 2.97. The molecule has 5 nitrogen and oxygen atoms in total. The van der Waals surface area contributed by atoms with Gasteiger partial charge >= 0.3 is 0 Å². The lowest BCUT2D eigenvalue weighted by atomic mass is 10.1. The molecule has 2 aromatic heterocycles. The standard InChI is InChI=1S/C16H18N4O/c1-11-4-5-13(8-15(11)21-3)9-17-14-6-7-16-18-12(2)19-20(16)10-14/h4-8,10,17H,9H2,1-3H3. The number of rotatable bonds is 4. The van der Waals surface area contributed by atoms with E-state index in [1.165, 1.54) is 5.56 Å². The van der Waals surface area contributed by atoms with E-state index in [4.69, 9.17) is 4.74 Å². The maximum atomic E-state index is 5.35. The molecule has 3 rings (SSSR count). The summed E-state index contributed by atoms with van der Waals surface area (Å²) in [6.07, 6.45) is 1.95. The molecule has 0 unspecified atom stereocenters. The summed E-state index contributed by atoms with van der Waals surface area (Å²) in [5.41, 5.74) is 4.18. The molecule has 108 valence electrons. The minimum absolute atomic E-state index is 0.732. The topological polar surface area (TPSA) is 51.5 Å². The Kier molecular flexibility index (Phi) is 3.48. The zero-order valence-corrected chi connectivity index (χ0v) is 12.4. The Hall–Kier alpha value is -2.56. The molecular formula is C16H18N4O. The minimum atomic E-state index is 0.732. The number of anilines is 1. The highest BCUT2D eigenvalue weighted by molar-refractivity contribution is 5.50. The van der Waals surface area contributed by atoms with Gasteiger partial charge in [-0.15, -0.1) is 0 Å². The molecule has 0 atom stereocenters. The molecule has 0 saturated carbocycles. The number of benzene rings is 1. The molecule has 0 radical (unpaired) electrons. The summed E-state index contributed by atoms with van der Waals surface area (Å²) in [5.74, 6) is 1.69. The van der Waals surface area contributed by atoms with Crippen LogP contribution >= 0.6 is 0 Å². The molecule has 0 aliphatic heterocycles. The quantitative estimate of drug-likeness (QED) is 0.799. The van der Waals surface area contributed by atoms with Gasteiger partial charge in [-0.05, 0) is 43.2 Å². The number of hydrogen-bond acceptors (Lipinski definition) is 4. The largest absolute Gasteiger partial charge is 0.496 e. The molecule has 0 aliphatic rings. The van der Waals surface area contributed by atoms with Crippen LogP contribution in [0.2, 0.25) is 0 Å². The highest BCUT2D eigenvalue weighted by atomic mass is 16.5. The van der Waals surface area contributed by atoms with E-state index >= 15 is 0 Å². The zero-order chi connectivity index (χ0) is 14.8. The molecule has 0 fully saturated rings. The fourth-order valence-electron chi connectivity index (χ4n) is 2.28. The number of pyridine rings is 1. The highest BCUT2D eigenvalue weighted by Crippen LogP contribution is 2.20. The Labute approximate surface area is 123 Å². The van der Waals surface area contributed by atoms with Gasteiger partial charge in [0.15, 0.2) is 5.65 Å². The SMILES string of the molecule is COc1cc(CNc2ccc3nc(C)nn3c2)ccc1C. The zero-order valence-electron chi connectivity index (χ0n) is 12.4. The maximum absolute atomic E-state index is 5.35. The first-order valence-electron chi connectivity index (χ1n) is 6.86. The average molecular weight is 282 g/mol. The van der Waals surface area contributed by atoms with Crippen molar-refractivity contribution in [2.75, 3.05) is 12.4 Å². The van der Waals surface area contributed by atoms with Crippen LogP contribution in [-0.2, 0) is 6.54 Å². The summed E-state index contributed by atoms with van der Waals surface area (Å²) in [7, 11) is 1.69. The summed E-state index contributed by atoms with van der Waals surface area (Å²) in [4.78, 5) is 4.31. The van der Waals surface area contributed by atoms with Crippen molar-refractivity contribution >= 4 is 11.3 Å². The smallest absolute Gasteiger partial charge is 0.155 e. The lowest BCUT2D eigenvalue weighted by molar-refractivity contribution is 0.411. The van der Waals surface area contributed by atoms with Crippen LogP contribution in [0, 0.1) is 13.8 Å². The summed E-state index contributed by atoms with van der Waals surface area (Å²) >= 11 is 0. The molecule has 0 saturated heterocycles. The normalized spacial score (nSPS) is 10.8. The molecule has 5 heteroatoms. The lowest BCUT2D eigenvalue weighted by Gasteiger charge is -2.10. The van der Waals surface area contributed by atoms with E-state index in [0.29, 0.717) is 0 Å². The van der Waals surface area contributed by atoms with Gasteiger partial charge in [0.2, 0.25) is 0 Å². The molecule has 0 bridgehead atoms. The van der Waals surface area contributed by atoms with Crippen LogP contribution in [0.3, 0.4) is 0 Å². The van der Waals surface area contributed by atoms with Gasteiger partial charge in [-0.2, -0.15) is 5.10 Å². The third-order valence-electron chi connectivity index (χ3n) is 3.41. The number of nitrogens with zero attached hydrogens (tertiary/aromatic N) is 3. The number of hydrogen-bond donors (Lipinski definition) is 1. The molecule has 2 heterocycles. The van der Waals surface area contributed by atoms with Crippen LogP contribution in [-0.4, -0.2) is 21.7 Å². The Morgan fingerprint density at radius 3 is 2.86 bits per heavy atom. The Balaban J connectivity index is 1.76. The van der Waals surface area contributed by atoms with Crippen molar-refractivity contribution < 1.29 is 4.74 Å². The Morgan fingerprint density at radius 1 is 1.19 bits per heavy atom. The second-order valence-corrected chi connectivity index (χ2v) is 5.04. The second kappa shape index (κ2) is 5.44. The van der Waals surface area contributed by atoms with Gasteiger partial charge in [0.1, 0.15) is 11.6 Å². The van der Waals surface area contributed by atoms with Gasteiger partial charge in [0, 0.05) is 6.54 Å². The second-order valence-electron chi connectivity index (χ2n) is 5.04. The van der Waals surface area contributed by atoms with Gasteiger partial charge in [-0.25, -0.2) is 9.50 Å². The molecular weight excluding hydrogens is 264 g/mol. The first-order chi connectivity index (χ1) is 10.2. The first-order valence-corrected chi connectivity index (χ1v) is 6.86. The van der Waals surface area contributed by atoms with E-state index in [9.17, 15) is 0 Å². The van der Waals surface area contributed by atoms with Gasteiger partial charge < -0.3 is 10.1 Å². The van der Waals surface area contributed by atoms with Crippen LogP contribution in [0.5, 0.6) is 5.75 Å². The number of ether oxygens (including phenoxy) is 1. The van der Waals surface area contributed by atoms with Crippen LogP contribution in [0.1, 0.15) is 17.0 Å². The van der Waals surface area contributed by atoms with Crippen molar-refractivity contribution in [3.63, 3.8) is 0 Å². The van der Waals surface area contributed by atoms with E-state index in [1.54, 1.807) is 11.6 Å². The number of fused-ring (bicyclic) bond motifs is 1. The summed E-state index contributed by atoms with van der Waals surface area (Å²) in [5, 5.41) is 7.70. The number of methoxy groups -OCH3 is 1. The van der Waals surface area contributed by atoms with Crippen LogP contribution in [0.25, 0.3) is 5.65 Å². The number of nitrogens with one attached hydrogen (secondary N) is 1. The lowest BCUT2D eigenvalue weighted by Crippen LogP contribution is -2.01. The average Bonchev–Trinajstić information content (AvgIpc) is 2.85. The monoisotopic (exact) mass is 282 g/mol. The molecule has 21 heavy (non-hydrogen) atoms. The summed E-state index contributed by atoms with van der Waals surface area (Å²) in [6, 6.07) is 10.2.